The fourth-order valence-electron chi connectivity index (χ4n) is 3.41. The Morgan fingerprint density at radius 2 is 2.07 bits per heavy atom. The maximum atomic E-state index is 9.67. The Morgan fingerprint density at radius 3 is 2.73 bits per heavy atom. The first-order valence-corrected chi connectivity index (χ1v) is 10.1. The van der Waals surface area contributed by atoms with Crippen LogP contribution in [0.5, 0.6) is 11.5 Å². The highest BCUT2D eigenvalue weighted by molar-refractivity contribution is 5.77. The molecule has 1 saturated carbocycles. The molecule has 0 bridgehead atoms. The van der Waals surface area contributed by atoms with Crippen LogP contribution in [-0.4, -0.2) is 27.7 Å². The van der Waals surface area contributed by atoms with Crippen LogP contribution in [-0.2, 0) is 12.0 Å². The molecule has 2 heterocycles. The Balaban J connectivity index is 1.65. The molecule has 1 aliphatic rings. The van der Waals surface area contributed by atoms with Crippen molar-refractivity contribution in [3.63, 3.8) is 0 Å². The average Bonchev–Trinajstić information content (AvgIpc) is 3.28. The summed E-state index contributed by atoms with van der Waals surface area (Å²) in [7, 11) is 0. The number of hydrogen-bond acceptors (Lipinski definition) is 6. The second-order valence-corrected chi connectivity index (χ2v) is 7.73. The van der Waals surface area contributed by atoms with Gasteiger partial charge < -0.3 is 19.8 Å². The molecule has 154 valence electrons. The van der Waals surface area contributed by atoms with E-state index in [4.69, 9.17) is 15.2 Å². The van der Waals surface area contributed by atoms with Gasteiger partial charge in [0.1, 0.15) is 24.1 Å². The van der Waals surface area contributed by atoms with Crippen molar-refractivity contribution >= 4 is 5.82 Å². The van der Waals surface area contributed by atoms with Crippen LogP contribution in [0, 0.1) is 11.3 Å². The first-order valence-electron chi connectivity index (χ1n) is 10.1. The summed E-state index contributed by atoms with van der Waals surface area (Å²) >= 11 is 0. The van der Waals surface area contributed by atoms with Crippen LogP contribution in [0.15, 0.2) is 43.0 Å². The van der Waals surface area contributed by atoms with E-state index >= 15 is 0 Å². The van der Waals surface area contributed by atoms with Gasteiger partial charge in [0.05, 0.1) is 19.5 Å². The summed E-state index contributed by atoms with van der Waals surface area (Å²) in [4.78, 5) is 8.53. The Kier molecular flexibility index (Phi) is 5.32. The average molecular weight is 403 g/mol. The van der Waals surface area contributed by atoms with Crippen molar-refractivity contribution < 1.29 is 9.47 Å². The van der Waals surface area contributed by atoms with Gasteiger partial charge in [-0.25, -0.2) is 9.97 Å². The van der Waals surface area contributed by atoms with Crippen molar-refractivity contribution in [2.75, 3.05) is 18.9 Å². The van der Waals surface area contributed by atoms with Crippen molar-refractivity contribution in [1.29, 1.82) is 5.26 Å². The highest BCUT2D eigenvalue weighted by atomic mass is 16.5. The number of ether oxygens (including phenoxy) is 2. The van der Waals surface area contributed by atoms with Gasteiger partial charge in [0.2, 0.25) is 0 Å². The van der Waals surface area contributed by atoms with Crippen LogP contribution in [0.2, 0.25) is 0 Å². The zero-order chi connectivity index (χ0) is 21.1. The lowest BCUT2D eigenvalue weighted by atomic mass is 9.95. The Morgan fingerprint density at radius 1 is 1.23 bits per heavy atom. The van der Waals surface area contributed by atoms with Crippen molar-refractivity contribution in [2.45, 2.75) is 38.6 Å². The van der Waals surface area contributed by atoms with Gasteiger partial charge in [-0.15, -0.1) is 0 Å². The van der Waals surface area contributed by atoms with Crippen LogP contribution >= 0.6 is 0 Å². The van der Waals surface area contributed by atoms with E-state index in [1.165, 1.54) is 0 Å². The number of aromatic nitrogens is 3. The fraction of sp³-hybridized carbons (Fsp3) is 0.348. The highest BCUT2D eigenvalue weighted by Crippen LogP contribution is 2.48. The van der Waals surface area contributed by atoms with E-state index in [1.807, 2.05) is 42.0 Å². The van der Waals surface area contributed by atoms with Gasteiger partial charge in [-0.2, -0.15) is 5.26 Å². The molecule has 7 heteroatoms. The standard InChI is InChI=1S/C23H25N5O2/c1-3-29-20-12-16(4-5-19(20)30-11-10-28-9-8-26-15-28)17-13-21(23(2)6-7-23)27-22(25)18(17)14-24/h4-5,8-9,12-13,15H,3,6-7,10-11H2,1-2H3,(H2,25,27). The minimum absolute atomic E-state index is 0.0516. The summed E-state index contributed by atoms with van der Waals surface area (Å²) in [6, 6.07) is 9.92. The molecule has 1 aromatic carbocycles. The number of nitrogen functional groups attached to an aromatic ring is 1. The quantitative estimate of drug-likeness (QED) is 0.612. The maximum Gasteiger partial charge on any atom is 0.161 e. The van der Waals surface area contributed by atoms with Gasteiger partial charge in [-0.3, -0.25) is 0 Å². The number of hydrogen-bond donors (Lipinski definition) is 1. The second-order valence-electron chi connectivity index (χ2n) is 7.73. The normalized spacial score (nSPS) is 14.2. The zero-order valence-electron chi connectivity index (χ0n) is 17.3. The van der Waals surface area contributed by atoms with E-state index in [0.717, 1.165) is 29.7 Å². The summed E-state index contributed by atoms with van der Waals surface area (Å²) in [6.45, 7) is 5.79. The number of benzene rings is 1. The number of rotatable bonds is 8. The summed E-state index contributed by atoms with van der Waals surface area (Å²) in [6.07, 6.45) is 7.55. The van der Waals surface area contributed by atoms with E-state index in [0.29, 0.717) is 36.8 Å². The molecule has 0 spiro atoms. The Labute approximate surface area is 176 Å². The molecular formula is C23H25N5O2. The summed E-state index contributed by atoms with van der Waals surface area (Å²) in [5.74, 6) is 1.58. The second kappa shape index (κ2) is 8.07. The van der Waals surface area contributed by atoms with Gasteiger partial charge >= 0.3 is 0 Å². The van der Waals surface area contributed by atoms with Crippen molar-refractivity contribution in [3.8, 4) is 28.7 Å². The van der Waals surface area contributed by atoms with E-state index in [2.05, 4.69) is 23.0 Å². The predicted octanol–water partition coefficient (Wildman–Crippen LogP) is 3.93. The molecule has 4 rings (SSSR count). The molecule has 1 aliphatic carbocycles. The fourth-order valence-corrected chi connectivity index (χ4v) is 3.41. The Hall–Kier alpha value is -3.53. The molecule has 0 saturated heterocycles. The monoisotopic (exact) mass is 403 g/mol. The molecule has 0 atom stereocenters. The third-order valence-corrected chi connectivity index (χ3v) is 5.50. The number of nitrogens with zero attached hydrogens (tertiary/aromatic N) is 4. The molecule has 1 fully saturated rings. The van der Waals surface area contributed by atoms with E-state index < -0.39 is 0 Å². The number of pyridine rings is 1. The van der Waals surface area contributed by atoms with Crippen molar-refractivity contribution in [2.24, 2.45) is 0 Å². The summed E-state index contributed by atoms with van der Waals surface area (Å²) in [5, 5.41) is 9.67. The molecule has 0 unspecified atom stereocenters. The van der Waals surface area contributed by atoms with Crippen molar-refractivity contribution in [3.05, 3.63) is 54.2 Å². The van der Waals surface area contributed by atoms with Gasteiger partial charge in [0.25, 0.3) is 0 Å². The van der Waals surface area contributed by atoms with Crippen LogP contribution < -0.4 is 15.2 Å². The van der Waals surface area contributed by atoms with Crippen LogP contribution in [0.4, 0.5) is 5.82 Å². The molecule has 0 aliphatic heterocycles. The lowest BCUT2D eigenvalue weighted by molar-refractivity contribution is 0.266. The van der Waals surface area contributed by atoms with E-state index in [1.54, 1.807) is 12.5 Å². The van der Waals surface area contributed by atoms with Gasteiger partial charge in [0.15, 0.2) is 11.5 Å². The third-order valence-electron chi connectivity index (χ3n) is 5.50. The SMILES string of the molecule is CCOc1cc(-c2cc(C3(C)CC3)nc(N)c2C#N)ccc1OCCn1ccnc1. The predicted molar refractivity (Wildman–Crippen MR) is 114 cm³/mol. The lowest BCUT2D eigenvalue weighted by Crippen LogP contribution is -2.09. The van der Waals surface area contributed by atoms with Gasteiger partial charge in [-0.05, 0) is 43.5 Å². The largest absolute Gasteiger partial charge is 0.490 e. The van der Waals surface area contributed by atoms with Gasteiger partial charge in [0, 0.05) is 29.1 Å². The maximum absolute atomic E-state index is 9.67. The number of imidazole rings is 1. The molecule has 0 radical (unpaired) electrons. The molecule has 7 nitrogen and oxygen atoms in total. The molecule has 2 N–H and O–H groups in total. The number of anilines is 1. The highest BCUT2D eigenvalue weighted by Gasteiger charge is 2.41. The first kappa shape index (κ1) is 19.8. The lowest BCUT2D eigenvalue weighted by Gasteiger charge is -2.16. The topological polar surface area (TPSA) is 99.0 Å². The molecule has 2 aromatic heterocycles. The van der Waals surface area contributed by atoms with E-state index in [9.17, 15) is 5.26 Å². The smallest absolute Gasteiger partial charge is 0.161 e. The van der Waals surface area contributed by atoms with Crippen LogP contribution in [0.1, 0.15) is 37.9 Å². The minimum atomic E-state index is 0.0516. The minimum Gasteiger partial charge on any atom is -0.490 e. The zero-order valence-corrected chi connectivity index (χ0v) is 17.3. The molecule has 30 heavy (non-hydrogen) atoms. The summed E-state index contributed by atoms with van der Waals surface area (Å²) in [5.41, 5.74) is 9.15. The number of nitrogens with two attached hydrogens (primary N) is 1. The molecular weight excluding hydrogens is 378 g/mol. The van der Waals surface area contributed by atoms with E-state index in [-0.39, 0.29) is 11.2 Å². The van der Waals surface area contributed by atoms with Crippen LogP contribution in [0.25, 0.3) is 11.1 Å². The van der Waals surface area contributed by atoms with Crippen LogP contribution in [0.3, 0.4) is 0 Å². The third kappa shape index (κ3) is 3.94. The molecule has 3 aromatic rings. The molecule has 0 amide bonds. The first-order chi connectivity index (χ1) is 14.5. The van der Waals surface area contributed by atoms with Gasteiger partial charge in [-0.1, -0.05) is 13.0 Å². The van der Waals surface area contributed by atoms with Crippen molar-refractivity contribution in [1.82, 2.24) is 14.5 Å². The summed E-state index contributed by atoms with van der Waals surface area (Å²) < 4.78 is 13.7. The Bertz CT molecular complexity index is 1080. The number of nitriles is 1.